The van der Waals surface area contributed by atoms with Gasteiger partial charge < -0.3 is 18.6 Å². The van der Waals surface area contributed by atoms with Crippen molar-refractivity contribution in [3.05, 3.63) is 47.5 Å². The molecule has 1 saturated heterocycles. The highest BCUT2D eigenvalue weighted by atomic mass is 16.6. The van der Waals surface area contributed by atoms with Crippen molar-refractivity contribution in [3.8, 4) is 0 Å². The first kappa shape index (κ1) is 26.4. The summed E-state index contributed by atoms with van der Waals surface area (Å²) in [5, 5.41) is 0. The van der Waals surface area contributed by atoms with Gasteiger partial charge in [-0.1, -0.05) is 17.2 Å². The average Bonchev–Trinajstić information content (AvgIpc) is 3.34. The third-order valence-corrected chi connectivity index (χ3v) is 5.78. The standard InChI is InChI=1S/C26H36O7/c1-18(7-6-8-22-12-14-30-17-22)15-23(31-20(3)27)16-19(2)9-10-24(32-21(4)28)26(5)13-11-25(29)33-26/h7,12,14,16-17,23-24H,6,8-11,13,15H2,1-5H3/b18-7+,19-16?/t23-,24+,26-/m0/s1. The van der Waals surface area contributed by atoms with E-state index in [0.717, 1.165) is 29.6 Å². The van der Waals surface area contributed by atoms with Gasteiger partial charge in [0.2, 0.25) is 0 Å². The van der Waals surface area contributed by atoms with Crippen molar-refractivity contribution < 1.29 is 33.0 Å². The Bertz CT molecular complexity index is 865. The Kier molecular flexibility index (Phi) is 9.95. The number of esters is 3. The van der Waals surface area contributed by atoms with Crippen LogP contribution >= 0.6 is 0 Å². The fourth-order valence-corrected chi connectivity index (χ4v) is 4.06. The van der Waals surface area contributed by atoms with Crippen LogP contribution in [0, 0.1) is 0 Å². The second kappa shape index (κ2) is 12.4. The van der Waals surface area contributed by atoms with Gasteiger partial charge in [0, 0.05) is 33.1 Å². The maximum atomic E-state index is 11.6. The van der Waals surface area contributed by atoms with Gasteiger partial charge in [-0.2, -0.15) is 0 Å². The molecule has 1 fully saturated rings. The Hall–Kier alpha value is -2.83. The van der Waals surface area contributed by atoms with E-state index in [1.807, 2.05) is 32.9 Å². The molecule has 3 atom stereocenters. The molecule has 1 aromatic rings. The van der Waals surface area contributed by atoms with E-state index in [1.54, 1.807) is 12.5 Å². The van der Waals surface area contributed by atoms with Crippen LogP contribution in [0.25, 0.3) is 0 Å². The second-order valence-electron chi connectivity index (χ2n) is 9.01. The maximum absolute atomic E-state index is 11.6. The lowest BCUT2D eigenvalue weighted by Crippen LogP contribution is -2.42. The summed E-state index contributed by atoms with van der Waals surface area (Å²) in [6, 6.07) is 1.95. The fourth-order valence-electron chi connectivity index (χ4n) is 4.06. The molecule has 2 rings (SSSR count). The van der Waals surface area contributed by atoms with Crippen molar-refractivity contribution in [1.82, 2.24) is 0 Å². The third kappa shape index (κ3) is 9.28. The van der Waals surface area contributed by atoms with Crippen LogP contribution < -0.4 is 0 Å². The average molecular weight is 461 g/mol. The summed E-state index contributed by atoms with van der Waals surface area (Å²) < 4.78 is 21.6. The summed E-state index contributed by atoms with van der Waals surface area (Å²) >= 11 is 0. The molecular formula is C26H36O7. The molecule has 33 heavy (non-hydrogen) atoms. The Balaban J connectivity index is 1.98. The lowest BCUT2D eigenvalue weighted by molar-refractivity contribution is -0.172. The van der Waals surface area contributed by atoms with E-state index in [1.165, 1.54) is 13.8 Å². The molecule has 7 nitrogen and oxygen atoms in total. The Labute approximate surface area is 196 Å². The first-order valence-electron chi connectivity index (χ1n) is 11.5. The zero-order chi connectivity index (χ0) is 24.4. The van der Waals surface area contributed by atoms with E-state index in [-0.39, 0.29) is 18.0 Å². The highest BCUT2D eigenvalue weighted by Gasteiger charge is 2.44. The largest absolute Gasteiger partial charge is 0.472 e. The van der Waals surface area contributed by atoms with Crippen LogP contribution in [-0.4, -0.2) is 35.7 Å². The fraction of sp³-hybridized carbons (Fsp3) is 0.577. The van der Waals surface area contributed by atoms with Crippen molar-refractivity contribution in [3.63, 3.8) is 0 Å². The smallest absolute Gasteiger partial charge is 0.306 e. The Morgan fingerprint density at radius 2 is 1.88 bits per heavy atom. The molecule has 0 saturated carbocycles. The lowest BCUT2D eigenvalue weighted by atomic mass is 9.90. The number of furan rings is 1. The molecule has 0 spiro atoms. The molecule has 0 aliphatic carbocycles. The van der Waals surface area contributed by atoms with Gasteiger partial charge in [-0.05, 0) is 64.2 Å². The van der Waals surface area contributed by atoms with Crippen LogP contribution in [0.1, 0.15) is 78.7 Å². The molecule has 0 amide bonds. The van der Waals surface area contributed by atoms with E-state index in [9.17, 15) is 14.4 Å². The molecule has 182 valence electrons. The monoisotopic (exact) mass is 460 g/mol. The highest BCUT2D eigenvalue weighted by molar-refractivity contribution is 5.72. The normalized spacial score (nSPS) is 20.8. The van der Waals surface area contributed by atoms with Crippen molar-refractivity contribution in [2.75, 3.05) is 0 Å². The lowest BCUT2D eigenvalue weighted by Gasteiger charge is -2.32. The van der Waals surface area contributed by atoms with Gasteiger partial charge >= 0.3 is 17.9 Å². The van der Waals surface area contributed by atoms with E-state index >= 15 is 0 Å². The molecule has 0 bridgehead atoms. The zero-order valence-corrected chi connectivity index (χ0v) is 20.3. The van der Waals surface area contributed by atoms with E-state index in [4.69, 9.17) is 18.6 Å². The van der Waals surface area contributed by atoms with Gasteiger partial charge in [-0.3, -0.25) is 14.4 Å². The van der Waals surface area contributed by atoms with Gasteiger partial charge in [0.25, 0.3) is 0 Å². The van der Waals surface area contributed by atoms with Crippen LogP contribution in [0.15, 0.2) is 46.3 Å². The highest BCUT2D eigenvalue weighted by Crippen LogP contribution is 2.34. The Morgan fingerprint density at radius 3 is 2.45 bits per heavy atom. The third-order valence-electron chi connectivity index (χ3n) is 5.78. The van der Waals surface area contributed by atoms with Gasteiger partial charge in [0.1, 0.15) is 17.8 Å². The Morgan fingerprint density at radius 1 is 1.15 bits per heavy atom. The summed E-state index contributed by atoms with van der Waals surface area (Å²) in [6.07, 6.45) is 10.9. The predicted molar refractivity (Wildman–Crippen MR) is 123 cm³/mol. The summed E-state index contributed by atoms with van der Waals surface area (Å²) in [5.74, 6) is -1.01. The molecule has 0 N–H and O–H groups in total. The molecule has 0 radical (unpaired) electrons. The van der Waals surface area contributed by atoms with Crippen LogP contribution in [-0.2, 0) is 35.0 Å². The van der Waals surface area contributed by atoms with Crippen molar-refractivity contribution in [1.29, 1.82) is 0 Å². The van der Waals surface area contributed by atoms with Crippen LogP contribution in [0.5, 0.6) is 0 Å². The van der Waals surface area contributed by atoms with Gasteiger partial charge in [-0.15, -0.1) is 0 Å². The minimum absolute atomic E-state index is 0.271. The molecule has 7 heteroatoms. The van der Waals surface area contributed by atoms with E-state index in [0.29, 0.717) is 32.1 Å². The van der Waals surface area contributed by atoms with Crippen molar-refractivity contribution in [2.45, 2.75) is 97.4 Å². The molecule has 2 heterocycles. The topological polar surface area (TPSA) is 92.0 Å². The number of hydrogen-bond donors (Lipinski definition) is 0. The first-order chi connectivity index (χ1) is 15.6. The van der Waals surface area contributed by atoms with Crippen LogP contribution in [0.2, 0.25) is 0 Å². The van der Waals surface area contributed by atoms with Crippen LogP contribution in [0.4, 0.5) is 0 Å². The molecule has 1 aliphatic heterocycles. The van der Waals surface area contributed by atoms with E-state index < -0.39 is 17.7 Å². The molecule has 0 unspecified atom stereocenters. The SMILES string of the molecule is CC(=O)O[C@H](C=C(C)CC[C@@H](OC(C)=O)[C@]1(C)CCC(=O)O1)C/C(C)=C/CCc1ccoc1. The summed E-state index contributed by atoms with van der Waals surface area (Å²) in [6.45, 7) is 8.56. The minimum atomic E-state index is -0.813. The number of carbonyl (C=O) groups is 3. The van der Waals surface area contributed by atoms with Gasteiger partial charge in [0.15, 0.2) is 0 Å². The number of carbonyl (C=O) groups excluding carboxylic acids is 3. The molecule has 1 aliphatic rings. The maximum Gasteiger partial charge on any atom is 0.306 e. The molecule has 0 aromatic carbocycles. The number of hydrogen-bond acceptors (Lipinski definition) is 7. The predicted octanol–water partition coefficient (Wildman–Crippen LogP) is 5.23. The minimum Gasteiger partial charge on any atom is -0.472 e. The number of aryl methyl sites for hydroxylation is 1. The summed E-state index contributed by atoms with van der Waals surface area (Å²) in [7, 11) is 0. The number of allylic oxidation sites excluding steroid dienone is 2. The number of cyclic esters (lactones) is 1. The van der Waals surface area contributed by atoms with Crippen LogP contribution in [0.3, 0.4) is 0 Å². The molecular weight excluding hydrogens is 424 g/mol. The van der Waals surface area contributed by atoms with Crippen molar-refractivity contribution >= 4 is 17.9 Å². The quantitative estimate of drug-likeness (QED) is 0.239. The van der Waals surface area contributed by atoms with Gasteiger partial charge in [-0.25, -0.2) is 0 Å². The molecule has 1 aromatic heterocycles. The summed E-state index contributed by atoms with van der Waals surface area (Å²) in [5.41, 5.74) is 2.48. The summed E-state index contributed by atoms with van der Waals surface area (Å²) in [4.78, 5) is 34.9. The number of ether oxygens (including phenoxy) is 3. The van der Waals surface area contributed by atoms with Crippen molar-refractivity contribution in [2.24, 2.45) is 0 Å². The first-order valence-corrected chi connectivity index (χ1v) is 11.5. The van der Waals surface area contributed by atoms with Gasteiger partial charge in [0.05, 0.1) is 12.5 Å². The number of rotatable bonds is 12. The van der Waals surface area contributed by atoms with E-state index in [2.05, 4.69) is 6.08 Å². The zero-order valence-electron chi connectivity index (χ0n) is 20.3. The second-order valence-corrected chi connectivity index (χ2v) is 9.01.